The molecule has 3 heterocycles. The molecule has 2 saturated heterocycles. The van der Waals surface area contributed by atoms with Gasteiger partial charge in [-0.15, -0.1) is 0 Å². The zero-order valence-corrected chi connectivity index (χ0v) is 20.2. The molecule has 0 unspecified atom stereocenters. The monoisotopic (exact) mass is 496 g/mol. The summed E-state index contributed by atoms with van der Waals surface area (Å²) in [5.74, 6) is 0.876. The van der Waals surface area contributed by atoms with Crippen molar-refractivity contribution < 1.29 is 9.59 Å². The summed E-state index contributed by atoms with van der Waals surface area (Å²) in [5.41, 5.74) is 8.37. The summed E-state index contributed by atoms with van der Waals surface area (Å²) in [7, 11) is 0. The van der Waals surface area contributed by atoms with Gasteiger partial charge in [-0.05, 0) is 48.6 Å². The summed E-state index contributed by atoms with van der Waals surface area (Å²) >= 11 is 6.54. The topological polar surface area (TPSA) is 106 Å². The maximum absolute atomic E-state index is 12.9. The zero-order chi connectivity index (χ0) is 24.4. The predicted octanol–water partition coefficient (Wildman–Crippen LogP) is 2.80. The Hall–Kier alpha value is -3.37. The van der Waals surface area contributed by atoms with Gasteiger partial charge >= 0.3 is 6.03 Å². The van der Waals surface area contributed by atoms with Crippen molar-refractivity contribution in [2.45, 2.75) is 24.8 Å². The molecule has 1 aromatic heterocycles. The fourth-order valence-electron chi connectivity index (χ4n) is 4.47. The summed E-state index contributed by atoms with van der Waals surface area (Å²) in [4.78, 5) is 38.9. The summed E-state index contributed by atoms with van der Waals surface area (Å²) in [6, 6.07) is 5.74. The van der Waals surface area contributed by atoms with Gasteiger partial charge in [-0.3, -0.25) is 20.5 Å². The van der Waals surface area contributed by atoms with Gasteiger partial charge in [-0.1, -0.05) is 18.2 Å². The van der Waals surface area contributed by atoms with Crippen molar-refractivity contribution in [3.63, 3.8) is 0 Å². The molecule has 35 heavy (non-hydrogen) atoms. The molecular formula is C24H29ClN8O2. The van der Waals surface area contributed by atoms with E-state index in [9.17, 15) is 9.59 Å². The van der Waals surface area contributed by atoms with E-state index in [1.54, 1.807) is 28.3 Å². The number of hydrogen-bond donors (Lipinski definition) is 3. The van der Waals surface area contributed by atoms with Crippen LogP contribution in [0.15, 0.2) is 43.2 Å². The van der Waals surface area contributed by atoms with Gasteiger partial charge in [0, 0.05) is 62.7 Å². The van der Waals surface area contributed by atoms with Gasteiger partial charge in [0.15, 0.2) is 0 Å². The summed E-state index contributed by atoms with van der Waals surface area (Å²) in [6.07, 6.45) is 6.90. The minimum absolute atomic E-state index is 0.0231. The molecule has 3 aliphatic rings. The Labute approximate surface area is 209 Å². The third kappa shape index (κ3) is 5.33. The van der Waals surface area contributed by atoms with E-state index in [4.69, 9.17) is 11.6 Å². The number of amides is 3. The van der Waals surface area contributed by atoms with Gasteiger partial charge in [0.05, 0.1) is 11.4 Å². The number of anilines is 3. The van der Waals surface area contributed by atoms with Crippen LogP contribution in [0.3, 0.4) is 0 Å². The standard InChI is InChI=1S/C24H29ClN8O2/c1-2-22(34)33-14-17(15-33)31-8-10-32(11-9-31)24(35)30-29-21-12-18(16-4-5-16)19(25)13-20(21)28-23-26-6-3-7-27-23/h2-3,6-7,12-13,16-17,29H,1,4-5,8-11,14-15H2,(H,30,35)(H,26,27,28). The first-order valence-corrected chi connectivity index (χ1v) is 12.2. The highest BCUT2D eigenvalue weighted by molar-refractivity contribution is 6.32. The molecule has 1 saturated carbocycles. The maximum atomic E-state index is 12.9. The van der Waals surface area contributed by atoms with Crippen LogP contribution in [-0.2, 0) is 4.79 Å². The van der Waals surface area contributed by atoms with Crippen LogP contribution in [0.1, 0.15) is 24.3 Å². The van der Waals surface area contributed by atoms with E-state index >= 15 is 0 Å². The van der Waals surface area contributed by atoms with E-state index in [2.05, 4.69) is 37.6 Å². The van der Waals surface area contributed by atoms with Gasteiger partial charge in [0.1, 0.15) is 0 Å². The normalized spacial score (nSPS) is 18.5. The number of carbonyl (C=O) groups excluding carboxylic acids is 2. The zero-order valence-electron chi connectivity index (χ0n) is 19.4. The molecule has 0 spiro atoms. The van der Waals surface area contributed by atoms with Crippen LogP contribution >= 0.6 is 11.6 Å². The number of likely N-dealkylation sites (tertiary alicyclic amines) is 1. The third-order valence-electron chi connectivity index (χ3n) is 6.74. The number of piperazine rings is 1. The second-order valence-corrected chi connectivity index (χ2v) is 9.48. The number of hydrazine groups is 1. The fraction of sp³-hybridized carbons (Fsp3) is 0.417. The van der Waals surface area contributed by atoms with E-state index in [-0.39, 0.29) is 11.9 Å². The second kappa shape index (κ2) is 10.1. The number of hydrogen-bond acceptors (Lipinski definition) is 7. The molecule has 11 heteroatoms. The third-order valence-corrected chi connectivity index (χ3v) is 7.06. The minimum Gasteiger partial charge on any atom is -0.336 e. The van der Waals surface area contributed by atoms with Crippen LogP contribution in [0.25, 0.3) is 0 Å². The largest absolute Gasteiger partial charge is 0.336 e. The van der Waals surface area contributed by atoms with Gasteiger partial charge in [0.25, 0.3) is 0 Å². The van der Waals surface area contributed by atoms with Crippen LogP contribution < -0.4 is 16.2 Å². The summed E-state index contributed by atoms with van der Waals surface area (Å²) in [6.45, 7) is 7.78. The lowest BCUT2D eigenvalue weighted by molar-refractivity contribution is -0.133. The fourth-order valence-corrected chi connectivity index (χ4v) is 4.79. The highest BCUT2D eigenvalue weighted by Gasteiger charge is 2.35. The Morgan fingerprint density at radius 1 is 1.03 bits per heavy atom. The first kappa shape index (κ1) is 23.4. The van der Waals surface area contributed by atoms with Gasteiger partial charge < -0.3 is 15.1 Å². The van der Waals surface area contributed by atoms with Crippen LogP contribution in [0, 0.1) is 0 Å². The second-order valence-electron chi connectivity index (χ2n) is 9.07. The Morgan fingerprint density at radius 3 is 2.40 bits per heavy atom. The highest BCUT2D eigenvalue weighted by atomic mass is 35.5. The number of urea groups is 1. The Morgan fingerprint density at radius 2 is 1.74 bits per heavy atom. The van der Waals surface area contributed by atoms with Gasteiger partial charge in [-0.25, -0.2) is 14.8 Å². The van der Waals surface area contributed by atoms with Crippen molar-refractivity contribution in [1.82, 2.24) is 30.1 Å². The molecule has 3 fully saturated rings. The molecule has 1 aliphatic carbocycles. The van der Waals surface area contributed by atoms with Crippen molar-refractivity contribution in [3.8, 4) is 0 Å². The number of nitrogens with one attached hydrogen (secondary N) is 3. The van der Waals surface area contributed by atoms with Crippen molar-refractivity contribution in [3.05, 3.63) is 53.8 Å². The number of halogens is 1. The number of benzene rings is 1. The van der Waals surface area contributed by atoms with Gasteiger partial charge in [0.2, 0.25) is 11.9 Å². The molecule has 0 atom stereocenters. The van der Waals surface area contributed by atoms with E-state index in [0.717, 1.165) is 44.6 Å². The predicted molar refractivity (Wildman–Crippen MR) is 135 cm³/mol. The van der Waals surface area contributed by atoms with Crippen molar-refractivity contribution >= 4 is 40.9 Å². The highest BCUT2D eigenvalue weighted by Crippen LogP contribution is 2.45. The van der Waals surface area contributed by atoms with Crippen molar-refractivity contribution in [2.75, 3.05) is 50.0 Å². The molecule has 1 aromatic carbocycles. The number of nitrogens with zero attached hydrogens (tertiary/aromatic N) is 5. The van der Waals surface area contributed by atoms with Gasteiger partial charge in [-0.2, -0.15) is 0 Å². The number of rotatable bonds is 7. The average molecular weight is 497 g/mol. The quantitative estimate of drug-likeness (QED) is 0.400. The van der Waals surface area contributed by atoms with E-state index in [1.165, 1.54) is 6.08 Å². The van der Waals surface area contributed by atoms with Crippen LogP contribution in [-0.4, -0.2) is 81.9 Å². The summed E-state index contributed by atoms with van der Waals surface area (Å²) < 4.78 is 0. The Kier molecular flexibility index (Phi) is 6.74. The number of carbonyl (C=O) groups is 2. The number of aromatic nitrogens is 2. The molecule has 184 valence electrons. The smallest absolute Gasteiger partial charge is 0.336 e. The molecule has 2 aromatic rings. The van der Waals surface area contributed by atoms with Crippen LogP contribution in [0.5, 0.6) is 0 Å². The molecule has 5 rings (SSSR count). The Bertz CT molecular complexity index is 1100. The van der Waals surface area contributed by atoms with Crippen LogP contribution in [0.4, 0.5) is 22.1 Å². The molecule has 2 aliphatic heterocycles. The molecule has 10 nitrogen and oxygen atoms in total. The molecule has 3 amide bonds. The lowest BCUT2D eigenvalue weighted by Crippen LogP contribution is -2.64. The summed E-state index contributed by atoms with van der Waals surface area (Å²) in [5, 5.41) is 3.86. The SMILES string of the molecule is C=CC(=O)N1CC(N2CCN(C(=O)NNc3cc(C4CC4)c(Cl)cc3Nc3ncccn3)CC2)C1. The molecule has 0 radical (unpaired) electrons. The Balaban J connectivity index is 1.18. The van der Waals surface area contributed by atoms with E-state index < -0.39 is 0 Å². The van der Waals surface area contributed by atoms with Crippen LogP contribution in [0.2, 0.25) is 5.02 Å². The molecule has 3 N–H and O–H groups in total. The first-order valence-electron chi connectivity index (χ1n) is 11.9. The average Bonchev–Trinajstić information content (AvgIpc) is 3.69. The van der Waals surface area contributed by atoms with Crippen molar-refractivity contribution in [1.29, 1.82) is 0 Å². The van der Waals surface area contributed by atoms with E-state index in [0.29, 0.717) is 47.4 Å². The molecular weight excluding hydrogens is 468 g/mol. The lowest BCUT2D eigenvalue weighted by Gasteiger charge is -2.47. The van der Waals surface area contributed by atoms with E-state index in [1.807, 2.05) is 12.1 Å². The maximum Gasteiger partial charge on any atom is 0.336 e. The van der Waals surface area contributed by atoms with Crippen molar-refractivity contribution in [2.24, 2.45) is 0 Å². The molecule has 0 bridgehead atoms. The minimum atomic E-state index is -0.188. The lowest BCUT2D eigenvalue weighted by atomic mass is 10.1. The first-order chi connectivity index (χ1) is 17.0.